The van der Waals surface area contributed by atoms with Crippen LogP contribution in [-0.2, 0) is 6.54 Å². The Balaban J connectivity index is 1.95. The molecule has 1 unspecified atom stereocenters. The number of rotatable bonds is 4. The van der Waals surface area contributed by atoms with E-state index in [1.165, 1.54) is 6.07 Å². The maximum Gasteiger partial charge on any atom is 0.0968 e. The Bertz CT molecular complexity index is 777. The fourth-order valence-corrected chi connectivity index (χ4v) is 2.53. The SMILES string of the molecule is O=C([O-])c1cccc2c1ccn2CC(O)c1ccccc1. The van der Waals surface area contributed by atoms with Gasteiger partial charge in [-0.05, 0) is 17.7 Å². The first-order valence-corrected chi connectivity index (χ1v) is 6.69. The molecule has 0 bridgehead atoms. The number of hydrogen-bond acceptors (Lipinski definition) is 3. The van der Waals surface area contributed by atoms with Gasteiger partial charge in [-0.1, -0.05) is 42.5 Å². The van der Waals surface area contributed by atoms with Gasteiger partial charge in [0.25, 0.3) is 0 Å². The van der Waals surface area contributed by atoms with Gasteiger partial charge in [0.1, 0.15) is 0 Å². The molecule has 4 heteroatoms. The van der Waals surface area contributed by atoms with Crippen LogP contribution >= 0.6 is 0 Å². The molecule has 0 aliphatic heterocycles. The molecule has 0 aliphatic rings. The topological polar surface area (TPSA) is 65.3 Å². The first-order chi connectivity index (χ1) is 10.2. The van der Waals surface area contributed by atoms with E-state index in [2.05, 4.69) is 0 Å². The lowest BCUT2D eigenvalue weighted by molar-refractivity contribution is -0.254. The molecule has 2 aromatic carbocycles. The zero-order chi connectivity index (χ0) is 14.8. The summed E-state index contributed by atoms with van der Waals surface area (Å²) in [5.74, 6) is -1.19. The zero-order valence-electron chi connectivity index (χ0n) is 11.3. The van der Waals surface area contributed by atoms with E-state index in [0.29, 0.717) is 11.9 Å². The van der Waals surface area contributed by atoms with Crippen molar-refractivity contribution in [3.8, 4) is 0 Å². The van der Waals surface area contributed by atoms with Crippen LogP contribution in [0.3, 0.4) is 0 Å². The standard InChI is InChI=1S/C17H15NO3/c19-16(12-5-2-1-3-6-12)11-18-10-9-13-14(17(20)21)7-4-8-15(13)18/h1-10,16,19H,11H2,(H,20,21)/p-1. The van der Waals surface area contributed by atoms with Crippen molar-refractivity contribution in [2.24, 2.45) is 0 Å². The van der Waals surface area contributed by atoms with Crippen molar-refractivity contribution in [2.45, 2.75) is 12.6 Å². The van der Waals surface area contributed by atoms with E-state index in [4.69, 9.17) is 0 Å². The maximum absolute atomic E-state index is 11.1. The van der Waals surface area contributed by atoms with Gasteiger partial charge in [-0.15, -0.1) is 0 Å². The normalized spacial score (nSPS) is 12.4. The molecule has 1 heterocycles. The Kier molecular flexibility index (Phi) is 3.46. The number of hydrogen-bond donors (Lipinski definition) is 1. The number of aliphatic hydroxyl groups is 1. The number of carbonyl (C=O) groups excluding carboxylic acids is 1. The van der Waals surface area contributed by atoms with Crippen LogP contribution in [0.5, 0.6) is 0 Å². The van der Waals surface area contributed by atoms with Crippen molar-refractivity contribution < 1.29 is 15.0 Å². The first-order valence-electron chi connectivity index (χ1n) is 6.69. The minimum atomic E-state index is -1.19. The number of carboxylic acid groups (broad SMARTS) is 1. The average Bonchev–Trinajstić information content (AvgIpc) is 2.91. The Labute approximate surface area is 121 Å². The van der Waals surface area contributed by atoms with Crippen LogP contribution in [0.25, 0.3) is 10.9 Å². The number of carbonyl (C=O) groups is 1. The molecule has 0 amide bonds. The van der Waals surface area contributed by atoms with Crippen molar-refractivity contribution in [1.82, 2.24) is 4.57 Å². The summed E-state index contributed by atoms with van der Waals surface area (Å²) < 4.78 is 1.85. The van der Waals surface area contributed by atoms with Crippen molar-refractivity contribution in [2.75, 3.05) is 0 Å². The van der Waals surface area contributed by atoms with Crippen molar-refractivity contribution in [3.05, 3.63) is 71.9 Å². The summed E-state index contributed by atoms with van der Waals surface area (Å²) >= 11 is 0. The first kappa shape index (κ1) is 13.4. The molecule has 106 valence electrons. The van der Waals surface area contributed by atoms with Crippen molar-refractivity contribution in [3.63, 3.8) is 0 Å². The van der Waals surface area contributed by atoms with Gasteiger partial charge in [0.15, 0.2) is 0 Å². The van der Waals surface area contributed by atoms with Gasteiger partial charge in [0, 0.05) is 22.7 Å². The van der Waals surface area contributed by atoms with Gasteiger partial charge in [0.2, 0.25) is 0 Å². The highest BCUT2D eigenvalue weighted by Crippen LogP contribution is 2.23. The van der Waals surface area contributed by atoms with Gasteiger partial charge in [-0.25, -0.2) is 0 Å². The van der Waals surface area contributed by atoms with Crippen LogP contribution in [0.1, 0.15) is 22.0 Å². The fourth-order valence-electron chi connectivity index (χ4n) is 2.53. The third kappa shape index (κ3) is 2.53. The minimum Gasteiger partial charge on any atom is -0.545 e. The molecule has 1 atom stereocenters. The monoisotopic (exact) mass is 280 g/mol. The summed E-state index contributed by atoms with van der Waals surface area (Å²) in [6.07, 6.45) is 1.14. The number of nitrogens with zero attached hydrogens (tertiary/aromatic N) is 1. The number of fused-ring (bicyclic) bond motifs is 1. The Morgan fingerprint density at radius 2 is 1.86 bits per heavy atom. The molecule has 21 heavy (non-hydrogen) atoms. The van der Waals surface area contributed by atoms with E-state index in [-0.39, 0.29) is 5.56 Å². The van der Waals surface area contributed by atoms with Crippen molar-refractivity contribution >= 4 is 16.9 Å². The highest BCUT2D eigenvalue weighted by Gasteiger charge is 2.11. The Hall–Kier alpha value is -2.59. The van der Waals surface area contributed by atoms with E-state index in [1.807, 2.05) is 41.0 Å². The highest BCUT2D eigenvalue weighted by molar-refractivity contribution is 6.02. The highest BCUT2D eigenvalue weighted by atomic mass is 16.4. The van der Waals surface area contributed by atoms with Crippen LogP contribution in [0.4, 0.5) is 0 Å². The molecule has 0 saturated heterocycles. The number of aliphatic hydroxyl groups excluding tert-OH is 1. The van der Waals surface area contributed by atoms with Gasteiger partial charge in [-0.2, -0.15) is 0 Å². The van der Waals surface area contributed by atoms with E-state index >= 15 is 0 Å². The molecule has 0 fully saturated rings. The molecule has 3 aromatic rings. The fraction of sp³-hybridized carbons (Fsp3) is 0.118. The number of benzene rings is 2. The average molecular weight is 280 g/mol. The van der Waals surface area contributed by atoms with Crippen LogP contribution in [0.2, 0.25) is 0 Å². The number of aromatic carboxylic acids is 1. The third-order valence-electron chi connectivity index (χ3n) is 3.59. The summed E-state index contributed by atoms with van der Waals surface area (Å²) in [6.45, 7) is 0.365. The number of aromatic nitrogens is 1. The van der Waals surface area contributed by atoms with Crippen LogP contribution in [0, 0.1) is 0 Å². The molecular weight excluding hydrogens is 266 g/mol. The molecule has 0 aliphatic carbocycles. The molecular formula is C17H14NO3-. The van der Waals surface area contributed by atoms with E-state index in [9.17, 15) is 15.0 Å². The summed E-state index contributed by atoms with van der Waals surface area (Å²) in [4.78, 5) is 11.1. The van der Waals surface area contributed by atoms with Crippen LogP contribution in [0.15, 0.2) is 60.8 Å². The Morgan fingerprint density at radius 3 is 2.57 bits per heavy atom. The van der Waals surface area contributed by atoms with E-state index in [1.54, 1.807) is 18.3 Å². The molecule has 4 nitrogen and oxygen atoms in total. The third-order valence-corrected chi connectivity index (χ3v) is 3.59. The molecule has 1 aromatic heterocycles. The van der Waals surface area contributed by atoms with Gasteiger partial charge in [0.05, 0.1) is 18.6 Å². The molecule has 3 rings (SSSR count). The lowest BCUT2D eigenvalue weighted by Crippen LogP contribution is -2.22. The van der Waals surface area contributed by atoms with Crippen molar-refractivity contribution in [1.29, 1.82) is 0 Å². The second-order valence-corrected chi connectivity index (χ2v) is 4.92. The summed E-state index contributed by atoms with van der Waals surface area (Å²) in [6, 6.07) is 16.1. The smallest absolute Gasteiger partial charge is 0.0968 e. The van der Waals surface area contributed by atoms with Gasteiger partial charge < -0.3 is 19.6 Å². The van der Waals surface area contributed by atoms with Crippen LogP contribution in [-0.4, -0.2) is 15.6 Å². The zero-order valence-corrected chi connectivity index (χ0v) is 11.3. The lowest BCUT2D eigenvalue weighted by atomic mass is 10.1. The molecule has 0 saturated carbocycles. The molecule has 0 spiro atoms. The van der Waals surface area contributed by atoms with Gasteiger partial charge in [-0.3, -0.25) is 0 Å². The number of carboxylic acids is 1. The largest absolute Gasteiger partial charge is 0.545 e. The molecule has 0 radical (unpaired) electrons. The maximum atomic E-state index is 11.1. The second-order valence-electron chi connectivity index (χ2n) is 4.92. The second kappa shape index (κ2) is 5.42. The predicted octanol–water partition coefficient (Wildman–Crippen LogP) is 1.74. The predicted molar refractivity (Wildman–Crippen MR) is 77.7 cm³/mol. The quantitative estimate of drug-likeness (QED) is 0.791. The van der Waals surface area contributed by atoms with E-state index in [0.717, 1.165) is 11.1 Å². The Morgan fingerprint density at radius 1 is 1.10 bits per heavy atom. The van der Waals surface area contributed by atoms with E-state index < -0.39 is 12.1 Å². The summed E-state index contributed by atoms with van der Waals surface area (Å²) in [7, 11) is 0. The summed E-state index contributed by atoms with van der Waals surface area (Å²) in [5.41, 5.74) is 1.77. The molecule has 1 N–H and O–H groups in total. The van der Waals surface area contributed by atoms with Gasteiger partial charge >= 0.3 is 0 Å². The lowest BCUT2D eigenvalue weighted by Gasteiger charge is -2.13. The minimum absolute atomic E-state index is 0.167. The van der Waals surface area contributed by atoms with Crippen LogP contribution < -0.4 is 5.11 Å². The summed E-state index contributed by atoms with van der Waals surface area (Å²) in [5, 5.41) is 22.0.